The Morgan fingerprint density at radius 1 is 1.29 bits per heavy atom. The molecule has 0 atom stereocenters. The highest BCUT2D eigenvalue weighted by Crippen LogP contribution is 2.26. The molecule has 0 saturated carbocycles. The SMILES string of the molecule is CCC(CC)COc1ccc(CNC)cc1Cl. The Hall–Kier alpha value is -0.730. The molecule has 0 unspecified atom stereocenters. The molecule has 0 saturated heterocycles. The van der Waals surface area contributed by atoms with Crippen LogP contribution in [0.3, 0.4) is 0 Å². The standard InChI is InChI=1S/C14H22ClNO/c1-4-11(5-2)10-17-14-7-6-12(9-16-3)8-13(14)15/h6-8,11,16H,4-5,9-10H2,1-3H3. The van der Waals surface area contributed by atoms with E-state index < -0.39 is 0 Å². The molecule has 1 aromatic carbocycles. The summed E-state index contributed by atoms with van der Waals surface area (Å²) in [6.45, 7) is 5.95. The molecule has 0 aliphatic rings. The van der Waals surface area contributed by atoms with E-state index in [1.165, 1.54) is 5.56 Å². The first-order valence-corrected chi connectivity index (χ1v) is 6.64. The van der Waals surface area contributed by atoms with Crippen molar-refractivity contribution < 1.29 is 4.74 Å². The Labute approximate surface area is 109 Å². The molecule has 0 spiro atoms. The smallest absolute Gasteiger partial charge is 0.137 e. The fourth-order valence-corrected chi connectivity index (χ4v) is 1.97. The first-order chi connectivity index (χ1) is 8.21. The van der Waals surface area contributed by atoms with Gasteiger partial charge >= 0.3 is 0 Å². The van der Waals surface area contributed by atoms with Gasteiger partial charge in [0.1, 0.15) is 5.75 Å². The van der Waals surface area contributed by atoms with Crippen molar-refractivity contribution in [3.63, 3.8) is 0 Å². The number of ether oxygens (including phenoxy) is 1. The molecule has 3 heteroatoms. The minimum Gasteiger partial charge on any atom is -0.492 e. The second kappa shape index (κ2) is 7.57. The number of benzene rings is 1. The number of rotatable bonds is 7. The Bertz CT molecular complexity index is 337. The van der Waals surface area contributed by atoms with Crippen LogP contribution in [-0.2, 0) is 6.54 Å². The molecule has 0 aliphatic carbocycles. The predicted molar refractivity (Wildman–Crippen MR) is 73.8 cm³/mol. The first kappa shape index (κ1) is 14.3. The summed E-state index contributed by atoms with van der Waals surface area (Å²) in [6, 6.07) is 5.96. The van der Waals surface area contributed by atoms with Gasteiger partial charge in [0, 0.05) is 6.54 Å². The molecule has 0 fully saturated rings. The van der Waals surface area contributed by atoms with Crippen LogP contribution in [0.4, 0.5) is 0 Å². The maximum Gasteiger partial charge on any atom is 0.137 e. The molecule has 0 radical (unpaired) electrons. The maximum absolute atomic E-state index is 6.18. The quantitative estimate of drug-likeness (QED) is 0.799. The number of hydrogen-bond acceptors (Lipinski definition) is 2. The lowest BCUT2D eigenvalue weighted by molar-refractivity contribution is 0.240. The minimum atomic E-state index is 0.614. The van der Waals surface area contributed by atoms with Crippen molar-refractivity contribution in [2.45, 2.75) is 33.2 Å². The molecule has 1 aromatic rings. The van der Waals surface area contributed by atoms with E-state index >= 15 is 0 Å². The average molecular weight is 256 g/mol. The van der Waals surface area contributed by atoms with Crippen LogP contribution in [0, 0.1) is 5.92 Å². The zero-order valence-electron chi connectivity index (χ0n) is 10.9. The van der Waals surface area contributed by atoms with Gasteiger partial charge in [-0.3, -0.25) is 0 Å². The zero-order chi connectivity index (χ0) is 12.7. The molecule has 2 nitrogen and oxygen atoms in total. The van der Waals surface area contributed by atoms with E-state index in [2.05, 4.69) is 19.2 Å². The summed E-state index contributed by atoms with van der Waals surface area (Å²) < 4.78 is 5.76. The fourth-order valence-electron chi connectivity index (χ4n) is 1.71. The van der Waals surface area contributed by atoms with Crippen molar-refractivity contribution in [1.29, 1.82) is 0 Å². The third-order valence-electron chi connectivity index (χ3n) is 3.01. The Morgan fingerprint density at radius 3 is 2.53 bits per heavy atom. The van der Waals surface area contributed by atoms with Gasteiger partial charge in [0.05, 0.1) is 11.6 Å². The van der Waals surface area contributed by atoms with Gasteiger partial charge in [-0.15, -0.1) is 0 Å². The van der Waals surface area contributed by atoms with Crippen molar-refractivity contribution in [1.82, 2.24) is 5.32 Å². The predicted octanol–water partition coefficient (Wildman–Crippen LogP) is 3.87. The van der Waals surface area contributed by atoms with E-state index in [0.29, 0.717) is 10.9 Å². The highest BCUT2D eigenvalue weighted by molar-refractivity contribution is 6.32. The van der Waals surface area contributed by atoms with Crippen molar-refractivity contribution in [2.24, 2.45) is 5.92 Å². The van der Waals surface area contributed by atoms with Crippen molar-refractivity contribution in [3.8, 4) is 5.75 Å². The lowest BCUT2D eigenvalue weighted by Crippen LogP contribution is -2.10. The van der Waals surface area contributed by atoms with Gasteiger partial charge in [-0.1, -0.05) is 44.4 Å². The van der Waals surface area contributed by atoms with E-state index in [0.717, 1.165) is 31.7 Å². The Morgan fingerprint density at radius 2 is 2.00 bits per heavy atom. The van der Waals surface area contributed by atoms with Gasteiger partial charge in [0.15, 0.2) is 0 Å². The topological polar surface area (TPSA) is 21.3 Å². The molecule has 1 rings (SSSR count). The van der Waals surface area contributed by atoms with Gasteiger partial charge in [-0.25, -0.2) is 0 Å². The number of halogens is 1. The van der Waals surface area contributed by atoms with Gasteiger partial charge in [-0.05, 0) is 30.7 Å². The van der Waals surface area contributed by atoms with Crippen LogP contribution in [0.5, 0.6) is 5.75 Å². The third-order valence-corrected chi connectivity index (χ3v) is 3.30. The first-order valence-electron chi connectivity index (χ1n) is 6.27. The summed E-state index contributed by atoms with van der Waals surface area (Å²) >= 11 is 6.18. The fraction of sp³-hybridized carbons (Fsp3) is 0.571. The van der Waals surface area contributed by atoms with Gasteiger partial charge < -0.3 is 10.1 Å². The Kier molecular flexibility index (Phi) is 6.38. The van der Waals surface area contributed by atoms with Crippen LogP contribution in [0.15, 0.2) is 18.2 Å². The normalized spacial score (nSPS) is 10.9. The summed E-state index contributed by atoms with van der Waals surface area (Å²) in [4.78, 5) is 0. The third kappa shape index (κ3) is 4.57. The van der Waals surface area contributed by atoms with Crippen molar-refractivity contribution in [2.75, 3.05) is 13.7 Å². The van der Waals surface area contributed by atoms with Gasteiger partial charge in [0.25, 0.3) is 0 Å². The van der Waals surface area contributed by atoms with Crippen LogP contribution in [-0.4, -0.2) is 13.7 Å². The van der Waals surface area contributed by atoms with Gasteiger partial charge in [0.2, 0.25) is 0 Å². The summed E-state index contributed by atoms with van der Waals surface area (Å²) in [7, 11) is 1.92. The van der Waals surface area contributed by atoms with E-state index in [9.17, 15) is 0 Å². The molecule has 17 heavy (non-hydrogen) atoms. The minimum absolute atomic E-state index is 0.614. The molecule has 0 aliphatic heterocycles. The van der Waals surface area contributed by atoms with Crippen LogP contribution in [0.25, 0.3) is 0 Å². The van der Waals surface area contributed by atoms with Gasteiger partial charge in [-0.2, -0.15) is 0 Å². The summed E-state index contributed by atoms with van der Waals surface area (Å²) in [6.07, 6.45) is 2.29. The van der Waals surface area contributed by atoms with E-state index in [1.54, 1.807) is 0 Å². The van der Waals surface area contributed by atoms with Crippen molar-refractivity contribution in [3.05, 3.63) is 28.8 Å². The van der Waals surface area contributed by atoms with E-state index in [1.807, 2.05) is 25.2 Å². The molecular formula is C14H22ClNO. The second-order valence-corrected chi connectivity index (χ2v) is 4.70. The Balaban J connectivity index is 2.59. The molecular weight excluding hydrogens is 234 g/mol. The highest BCUT2D eigenvalue weighted by Gasteiger charge is 2.07. The zero-order valence-corrected chi connectivity index (χ0v) is 11.7. The number of hydrogen-bond donors (Lipinski definition) is 1. The summed E-state index contributed by atoms with van der Waals surface area (Å²) in [5.74, 6) is 1.40. The monoisotopic (exact) mass is 255 g/mol. The maximum atomic E-state index is 6.18. The lowest BCUT2D eigenvalue weighted by Gasteiger charge is -2.15. The number of nitrogens with one attached hydrogen (secondary N) is 1. The molecule has 0 heterocycles. The van der Waals surface area contributed by atoms with E-state index in [4.69, 9.17) is 16.3 Å². The molecule has 1 N–H and O–H groups in total. The summed E-state index contributed by atoms with van der Waals surface area (Å²) in [5, 5.41) is 3.80. The van der Waals surface area contributed by atoms with Crippen LogP contribution >= 0.6 is 11.6 Å². The average Bonchev–Trinajstić information content (AvgIpc) is 2.33. The van der Waals surface area contributed by atoms with E-state index in [-0.39, 0.29) is 0 Å². The van der Waals surface area contributed by atoms with Crippen molar-refractivity contribution >= 4 is 11.6 Å². The van der Waals surface area contributed by atoms with Crippen LogP contribution < -0.4 is 10.1 Å². The second-order valence-electron chi connectivity index (χ2n) is 4.29. The molecule has 0 bridgehead atoms. The van der Waals surface area contributed by atoms with Crippen LogP contribution in [0.1, 0.15) is 32.3 Å². The molecule has 0 amide bonds. The highest BCUT2D eigenvalue weighted by atomic mass is 35.5. The largest absolute Gasteiger partial charge is 0.492 e. The molecule has 0 aromatic heterocycles. The summed E-state index contributed by atoms with van der Waals surface area (Å²) in [5.41, 5.74) is 1.17. The molecule has 96 valence electrons. The lowest BCUT2D eigenvalue weighted by atomic mass is 10.1. The van der Waals surface area contributed by atoms with Crippen LogP contribution in [0.2, 0.25) is 5.02 Å².